The molecule has 0 heterocycles. The SMILES string of the molecule is CCOC(=O)OC.CCOC(=O)OC(C)=O.CO.COC(=O)SCCN.COC(=O)SCCNC(=O)OCC1c2ccccc2-c2ccccc21.O=C(NCCS)OCC1c2ccccc2-c2ccccc21. The van der Waals surface area contributed by atoms with E-state index in [-0.39, 0.29) is 41.7 Å². The zero-order valence-electron chi connectivity index (χ0n) is 41.4. The second-order valence-electron chi connectivity index (χ2n) is 13.8. The van der Waals surface area contributed by atoms with Crippen molar-refractivity contribution in [3.05, 3.63) is 119 Å². The first-order valence-electron chi connectivity index (χ1n) is 22.2. The predicted molar refractivity (Wildman–Crippen MR) is 280 cm³/mol. The van der Waals surface area contributed by atoms with E-state index in [0.29, 0.717) is 50.1 Å². The van der Waals surface area contributed by atoms with Crippen LogP contribution in [-0.4, -0.2) is 138 Å². The molecule has 394 valence electrons. The molecular weight excluding hydrogens is 995 g/mol. The normalized spacial score (nSPS) is 10.8. The number of alkyl carbamates (subject to hydrolysis) is 2. The summed E-state index contributed by atoms with van der Waals surface area (Å²) in [5.74, 6) is 1.17. The summed E-state index contributed by atoms with van der Waals surface area (Å²) in [6.45, 7) is 7.07. The highest BCUT2D eigenvalue weighted by atomic mass is 32.2. The first-order chi connectivity index (χ1) is 34.8. The van der Waals surface area contributed by atoms with E-state index in [9.17, 15) is 33.6 Å². The van der Waals surface area contributed by atoms with E-state index in [1.807, 2.05) is 48.5 Å². The van der Waals surface area contributed by atoms with Crippen molar-refractivity contribution in [3.8, 4) is 22.3 Å². The average molecular weight is 1060 g/mol. The number of benzene rings is 4. The third-order valence-electron chi connectivity index (χ3n) is 9.25. The third-order valence-corrected chi connectivity index (χ3v) is 11.1. The molecule has 22 heteroatoms. The van der Waals surface area contributed by atoms with Gasteiger partial charge in [0.05, 0.1) is 34.5 Å². The molecular formula is C50H65N3O16S3. The van der Waals surface area contributed by atoms with Crippen molar-refractivity contribution in [3.63, 3.8) is 0 Å². The molecule has 5 N–H and O–H groups in total. The summed E-state index contributed by atoms with van der Waals surface area (Å²) in [5.41, 5.74) is 14.8. The Balaban J connectivity index is 0.000000493. The van der Waals surface area contributed by atoms with Crippen LogP contribution in [0.3, 0.4) is 0 Å². The first kappa shape index (κ1) is 63.6. The smallest absolute Gasteiger partial charge is 0.461 e. The van der Waals surface area contributed by atoms with Gasteiger partial charge in [-0.2, -0.15) is 12.6 Å². The fourth-order valence-electron chi connectivity index (χ4n) is 6.45. The van der Waals surface area contributed by atoms with E-state index in [4.69, 9.17) is 20.3 Å². The zero-order valence-corrected chi connectivity index (χ0v) is 43.9. The van der Waals surface area contributed by atoms with Crippen molar-refractivity contribution in [1.82, 2.24) is 10.6 Å². The topological polar surface area (TPSA) is 264 Å². The summed E-state index contributed by atoms with van der Waals surface area (Å²) in [7, 11) is 4.96. The number of nitrogens with one attached hydrogen (secondary N) is 2. The summed E-state index contributed by atoms with van der Waals surface area (Å²) < 4.78 is 36.3. The number of esters is 1. The summed E-state index contributed by atoms with van der Waals surface area (Å²) in [6, 6.07) is 33.0. The van der Waals surface area contributed by atoms with Crippen LogP contribution in [0.25, 0.3) is 22.3 Å². The van der Waals surface area contributed by atoms with E-state index in [1.165, 1.54) is 65.8 Å². The Morgan fingerprint density at radius 3 is 1.24 bits per heavy atom. The number of carbonyl (C=O) groups excluding carboxylic acids is 7. The van der Waals surface area contributed by atoms with Crippen molar-refractivity contribution in [2.24, 2.45) is 5.73 Å². The van der Waals surface area contributed by atoms with Crippen LogP contribution in [0.4, 0.5) is 28.8 Å². The fourth-order valence-corrected chi connectivity index (χ4v) is 7.45. The Morgan fingerprint density at radius 2 is 0.917 bits per heavy atom. The molecule has 4 aromatic carbocycles. The Kier molecular flexibility index (Phi) is 33.8. The summed E-state index contributed by atoms with van der Waals surface area (Å²) in [6.07, 6.45) is -2.43. The van der Waals surface area contributed by atoms with Crippen molar-refractivity contribution in [2.45, 2.75) is 32.6 Å². The third kappa shape index (κ3) is 23.6. The molecule has 6 rings (SSSR count). The van der Waals surface area contributed by atoms with Gasteiger partial charge in [-0.3, -0.25) is 4.79 Å². The minimum atomic E-state index is -0.940. The molecule has 0 saturated heterocycles. The molecule has 72 heavy (non-hydrogen) atoms. The van der Waals surface area contributed by atoms with E-state index < -0.39 is 24.4 Å². The number of ether oxygens (including phenoxy) is 8. The summed E-state index contributed by atoms with van der Waals surface area (Å²) in [5, 5.41) is 11.7. The zero-order chi connectivity index (χ0) is 53.7. The van der Waals surface area contributed by atoms with Gasteiger partial charge in [0.2, 0.25) is 0 Å². The Morgan fingerprint density at radius 1 is 0.556 bits per heavy atom. The van der Waals surface area contributed by atoms with Gasteiger partial charge < -0.3 is 59.4 Å². The first-order valence-corrected chi connectivity index (χ1v) is 24.8. The minimum absolute atomic E-state index is 0.0441. The number of methoxy groups -OCH3 is 3. The van der Waals surface area contributed by atoms with Crippen molar-refractivity contribution < 1.29 is 76.6 Å². The van der Waals surface area contributed by atoms with Crippen LogP contribution in [0.5, 0.6) is 0 Å². The quantitative estimate of drug-likeness (QED) is 0.0275. The lowest BCUT2D eigenvalue weighted by atomic mass is 9.98. The molecule has 0 bridgehead atoms. The minimum Gasteiger partial charge on any atom is -0.461 e. The van der Waals surface area contributed by atoms with Crippen LogP contribution in [0, 0.1) is 0 Å². The predicted octanol–water partition coefficient (Wildman–Crippen LogP) is 9.03. The molecule has 0 saturated carbocycles. The Hall–Kier alpha value is -6.46. The summed E-state index contributed by atoms with van der Waals surface area (Å²) >= 11 is 6.16. The molecule has 0 fully saturated rings. The van der Waals surface area contributed by atoms with Gasteiger partial charge >= 0.3 is 41.1 Å². The number of aliphatic hydroxyl groups is 1. The Labute approximate surface area is 434 Å². The number of amides is 2. The standard InChI is InChI=1S/C19H19NO4S.C17H17NO2S.C5H8O4.C4H9NO2S.C4H8O3.CH4O/c1-23-19(22)25-11-10-20-18(21)24-12-17-15-8-4-2-6-13(15)14-7-3-5-9-16(14)17;19-17(18-9-10-21)20-11-16-14-7-3-1-5-12(14)13-6-2-4-8-15(13)16;1-3-8-5(7)9-4(2)6;1-7-4(6)8-3-2-5;1-3-7-4(5)6-2;1-2/h2-9,17H,10-12H2,1H3,(H,20,21);1-8,16,21H,9-11H2,(H,18,19);3H2,1-2H3;2-3,5H2,1H3;3H2,1-2H3;2H,1H3. The number of hydrogen-bond donors (Lipinski definition) is 5. The number of carbonyl (C=O) groups is 7. The van der Waals surface area contributed by atoms with E-state index in [0.717, 1.165) is 37.6 Å². The van der Waals surface area contributed by atoms with Gasteiger partial charge in [-0.1, -0.05) is 97.1 Å². The van der Waals surface area contributed by atoms with Crippen LogP contribution < -0.4 is 16.4 Å². The number of thiol groups is 1. The maximum absolute atomic E-state index is 11.9. The highest BCUT2D eigenvalue weighted by molar-refractivity contribution is 8.13. The molecule has 0 radical (unpaired) electrons. The monoisotopic (exact) mass is 1060 g/mol. The van der Waals surface area contributed by atoms with Gasteiger partial charge in [-0.15, -0.1) is 0 Å². The molecule has 2 aliphatic rings. The molecule has 0 atom stereocenters. The second-order valence-corrected chi connectivity index (χ2v) is 16.3. The van der Waals surface area contributed by atoms with E-state index in [2.05, 4.69) is 100 Å². The lowest BCUT2D eigenvalue weighted by Gasteiger charge is -2.14. The highest BCUT2D eigenvalue weighted by Crippen LogP contribution is 2.45. The van der Waals surface area contributed by atoms with Crippen LogP contribution >= 0.6 is 36.2 Å². The number of thioether (sulfide) groups is 2. The van der Waals surface area contributed by atoms with Crippen LogP contribution in [-0.2, 0) is 42.7 Å². The lowest BCUT2D eigenvalue weighted by molar-refractivity contribution is -0.137. The molecule has 2 aliphatic carbocycles. The number of nitrogens with two attached hydrogens (primary N) is 1. The number of aliphatic hydroxyl groups excluding tert-OH is 1. The molecule has 0 unspecified atom stereocenters. The number of hydrogen-bond acceptors (Lipinski definition) is 20. The van der Waals surface area contributed by atoms with Gasteiger partial charge in [0.25, 0.3) is 0 Å². The van der Waals surface area contributed by atoms with E-state index in [1.54, 1.807) is 13.8 Å². The van der Waals surface area contributed by atoms with Gasteiger partial charge in [0.15, 0.2) is 0 Å². The van der Waals surface area contributed by atoms with Gasteiger partial charge in [-0.05, 0) is 81.9 Å². The highest BCUT2D eigenvalue weighted by Gasteiger charge is 2.30. The van der Waals surface area contributed by atoms with Crippen LogP contribution in [0.15, 0.2) is 97.1 Å². The average Bonchev–Trinajstić information content (AvgIpc) is 3.90. The van der Waals surface area contributed by atoms with Crippen LogP contribution in [0.2, 0.25) is 0 Å². The van der Waals surface area contributed by atoms with E-state index >= 15 is 0 Å². The van der Waals surface area contributed by atoms with Crippen molar-refractivity contribution >= 4 is 77.2 Å². The largest absolute Gasteiger partial charge is 0.516 e. The maximum atomic E-state index is 11.9. The van der Waals surface area contributed by atoms with Gasteiger partial charge in [0, 0.05) is 62.8 Å². The Bertz CT molecular complexity index is 2200. The maximum Gasteiger partial charge on any atom is 0.516 e. The molecule has 2 amide bonds. The lowest BCUT2D eigenvalue weighted by Crippen LogP contribution is -2.28. The van der Waals surface area contributed by atoms with Crippen molar-refractivity contribution in [2.75, 3.05) is 91.8 Å². The fraction of sp³-hybridized carbons (Fsp3) is 0.380. The number of rotatable bonds is 13. The number of fused-ring (bicyclic) bond motifs is 6. The summed E-state index contributed by atoms with van der Waals surface area (Å²) in [4.78, 5) is 74.9. The van der Waals surface area contributed by atoms with Crippen molar-refractivity contribution in [1.29, 1.82) is 0 Å². The second kappa shape index (κ2) is 38.2. The van der Waals surface area contributed by atoms with Crippen LogP contribution in [0.1, 0.15) is 54.9 Å². The van der Waals surface area contributed by atoms with Gasteiger partial charge in [-0.25, -0.2) is 28.8 Å². The molecule has 0 aromatic heterocycles. The molecule has 4 aromatic rings. The molecule has 0 aliphatic heterocycles. The molecule has 0 spiro atoms. The van der Waals surface area contributed by atoms with Gasteiger partial charge in [0.1, 0.15) is 13.2 Å². The molecule has 19 nitrogen and oxygen atoms in total.